The lowest BCUT2D eigenvalue weighted by Crippen LogP contribution is -2.46. The third kappa shape index (κ3) is 6.78. The highest BCUT2D eigenvalue weighted by Crippen LogP contribution is 2.68. The topological polar surface area (TPSA) is 27.7 Å². The highest BCUT2D eigenvalue weighted by molar-refractivity contribution is 9.34. The largest absolute Gasteiger partial charge is 0.502 e. The lowest BCUT2D eigenvalue weighted by Gasteiger charge is -2.34. The smallest absolute Gasteiger partial charge is 0.374 e. The fraction of sp³-hybridized carbons (Fsp3) is 0.900. The second-order valence-corrected chi connectivity index (χ2v) is 14.8. The van der Waals surface area contributed by atoms with Gasteiger partial charge < -0.3 is 13.3 Å². The zero-order valence-corrected chi connectivity index (χ0v) is 16.0. The Morgan fingerprint density at radius 1 is 1.06 bits per heavy atom. The average Bonchev–Trinajstić information content (AvgIpc) is 2.37. The molecule has 0 aliphatic carbocycles. The molecule has 18 heavy (non-hydrogen) atoms. The van der Waals surface area contributed by atoms with Crippen LogP contribution in [0, 0.1) is 5.75 Å². The Morgan fingerprint density at radius 2 is 1.50 bits per heavy atom. The van der Waals surface area contributed by atoms with E-state index in [9.17, 15) is 0 Å². The van der Waals surface area contributed by atoms with Crippen molar-refractivity contribution in [1.29, 1.82) is 0 Å². The molecule has 0 aromatic heterocycles. The van der Waals surface area contributed by atoms with Gasteiger partial charge in [0.05, 0.1) is 0 Å². The monoisotopic (exact) mass is 349 g/mol. The fourth-order valence-electron chi connectivity index (χ4n) is 1.39. The fourth-order valence-corrected chi connectivity index (χ4v) is 8.86. The lowest BCUT2D eigenvalue weighted by atomic mass is 10.9. The maximum atomic E-state index is 5.80. The summed E-state index contributed by atoms with van der Waals surface area (Å²) in [6, 6.07) is 0.697. The summed E-state index contributed by atoms with van der Waals surface area (Å²) in [5, 5.41) is 0. The summed E-state index contributed by atoms with van der Waals surface area (Å²) in [5.74, 6) is 3.15. The van der Waals surface area contributed by atoms with E-state index < -0.39 is 16.9 Å². The number of rotatable bonds is 11. The summed E-state index contributed by atoms with van der Waals surface area (Å²) in [4.78, 5) is 0. The molecule has 0 aromatic rings. The molecule has 0 saturated carbocycles. The van der Waals surface area contributed by atoms with Crippen LogP contribution in [0.4, 0.5) is 0 Å². The summed E-state index contributed by atoms with van der Waals surface area (Å²) in [6.07, 6.45) is 0. The Balaban J connectivity index is 4.64. The van der Waals surface area contributed by atoms with E-state index in [4.69, 9.17) is 24.9 Å². The Kier molecular flexibility index (Phi) is 11.1. The first-order valence-electron chi connectivity index (χ1n) is 6.12. The van der Waals surface area contributed by atoms with Crippen LogP contribution in [0.15, 0.2) is 0 Å². The second-order valence-electron chi connectivity index (χ2n) is 3.41. The van der Waals surface area contributed by atoms with Crippen LogP contribution in [-0.4, -0.2) is 34.4 Å². The van der Waals surface area contributed by atoms with Crippen LogP contribution in [0.3, 0.4) is 0 Å². The first kappa shape index (κ1) is 19.5. The summed E-state index contributed by atoms with van der Waals surface area (Å²) in [6.45, 7) is 9.84. The van der Waals surface area contributed by atoms with E-state index in [1.807, 2.05) is 20.8 Å². The standard InChI is InChI=1S/C10H25O3S4Si/c1-5-11-18(12-6-2,13-7-3)10-9-17(15,8-4)16-14/h9,14-15H,5-8,10H2,1-4H3. The second kappa shape index (κ2) is 10.3. The third-order valence-corrected chi connectivity index (χ3v) is 14.4. The molecule has 0 fully saturated rings. The van der Waals surface area contributed by atoms with E-state index in [0.717, 1.165) is 5.75 Å². The average molecular weight is 350 g/mol. The number of hydrogen-bond acceptors (Lipinski definition) is 6. The van der Waals surface area contributed by atoms with E-state index in [0.29, 0.717) is 25.9 Å². The van der Waals surface area contributed by atoms with Gasteiger partial charge in [0.1, 0.15) is 0 Å². The molecule has 0 rings (SSSR count). The van der Waals surface area contributed by atoms with Gasteiger partial charge in [0.2, 0.25) is 0 Å². The molecule has 3 nitrogen and oxygen atoms in total. The van der Waals surface area contributed by atoms with Gasteiger partial charge in [-0.1, -0.05) is 6.92 Å². The van der Waals surface area contributed by atoms with Crippen molar-refractivity contribution in [3.8, 4) is 0 Å². The van der Waals surface area contributed by atoms with Gasteiger partial charge in [-0.05, 0) is 36.3 Å². The summed E-state index contributed by atoms with van der Waals surface area (Å²) in [7, 11) is -2.22. The summed E-state index contributed by atoms with van der Waals surface area (Å²) >= 11 is 9.01. The maximum Gasteiger partial charge on any atom is 0.502 e. The zero-order chi connectivity index (χ0) is 14.1. The lowest BCUT2D eigenvalue weighted by molar-refractivity contribution is 0.0738. The molecule has 0 spiro atoms. The summed E-state index contributed by atoms with van der Waals surface area (Å²) in [5.41, 5.74) is 0. The molecule has 0 amide bonds. The molecule has 0 heterocycles. The molecule has 0 N–H and O–H groups in total. The van der Waals surface area contributed by atoms with Gasteiger partial charge in [-0.25, -0.2) is 0 Å². The van der Waals surface area contributed by atoms with E-state index in [2.05, 4.69) is 24.3 Å². The molecule has 0 saturated heterocycles. The molecule has 0 aliphatic heterocycles. The third-order valence-electron chi connectivity index (χ3n) is 2.23. The van der Waals surface area contributed by atoms with Crippen LogP contribution in [0.5, 0.6) is 0 Å². The minimum absolute atomic E-state index is 0.606. The zero-order valence-electron chi connectivity index (χ0n) is 11.5. The van der Waals surface area contributed by atoms with E-state index in [1.165, 1.54) is 9.83 Å². The molecule has 1 radical (unpaired) electrons. The van der Waals surface area contributed by atoms with Gasteiger partial charge in [0.15, 0.2) is 0 Å². The van der Waals surface area contributed by atoms with Crippen molar-refractivity contribution in [3.63, 3.8) is 0 Å². The summed E-state index contributed by atoms with van der Waals surface area (Å²) < 4.78 is 17.4. The molecule has 1 atom stereocenters. The van der Waals surface area contributed by atoms with Gasteiger partial charge >= 0.3 is 8.80 Å². The number of thiol groups is 2. The van der Waals surface area contributed by atoms with E-state index in [1.54, 1.807) is 0 Å². The van der Waals surface area contributed by atoms with Crippen molar-refractivity contribution in [3.05, 3.63) is 5.75 Å². The van der Waals surface area contributed by atoms with Crippen LogP contribution in [0.1, 0.15) is 27.7 Å². The molecule has 0 aromatic carbocycles. The predicted molar refractivity (Wildman–Crippen MR) is 93.4 cm³/mol. The molecular weight excluding hydrogens is 324 g/mol. The molecular formula is C10H25O3S4Si. The molecule has 1 unspecified atom stereocenters. The van der Waals surface area contributed by atoms with Crippen LogP contribution in [0.2, 0.25) is 6.04 Å². The molecule has 111 valence electrons. The van der Waals surface area contributed by atoms with Crippen molar-refractivity contribution < 1.29 is 13.3 Å². The first-order valence-corrected chi connectivity index (χ1v) is 13.4. The van der Waals surface area contributed by atoms with E-state index >= 15 is 0 Å². The van der Waals surface area contributed by atoms with Crippen LogP contribution in [0.25, 0.3) is 0 Å². The van der Waals surface area contributed by atoms with Crippen LogP contribution in [-0.2, 0) is 13.3 Å². The first-order chi connectivity index (χ1) is 8.51. The SMILES string of the molecule is CCO[Si](C[CH]S(S)(CC)SS)(OCC)OCC. The van der Waals surface area contributed by atoms with Gasteiger partial charge in [0.25, 0.3) is 0 Å². The van der Waals surface area contributed by atoms with Gasteiger partial charge in [-0.15, -0.1) is 31.4 Å². The Hall–Kier alpha value is 1.50. The van der Waals surface area contributed by atoms with E-state index in [-0.39, 0.29) is 0 Å². The van der Waals surface area contributed by atoms with Crippen molar-refractivity contribution in [1.82, 2.24) is 0 Å². The number of hydrogen-bond donors (Lipinski definition) is 2. The predicted octanol–water partition coefficient (Wildman–Crippen LogP) is 4.36. The van der Waals surface area contributed by atoms with Crippen molar-refractivity contribution in [2.24, 2.45) is 0 Å². The minimum atomic E-state index is -2.57. The molecule has 8 heteroatoms. The maximum absolute atomic E-state index is 5.80. The van der Waals surface area contributed by atoms with Gasteiger partial charge in [0, 0.05) is 31.6 Å². The van der Waals surface area contributed by atoms with Crippen LogP contribution < -0.4 is 0 Å². The Labute approximate surface area is 128 Å². The van der Waals surface area contributed by atoms with Crippen LogP contribution >= 0.6 is 41.2 Å². The highest BCUT2D eigenvalue weighted by Gasteiger charge is 2.41. The van der Waals surface area contributed by atoms with Crippen molar-refractivity contribution in [2.45, 2.75) is 33.7 Å². The normalized spacial score (nSPS) is 17.4. The van der Waals surface area contributed by atoms with Gasteiger partial charge in [-0.2, -0.15) is 0 Å². The molecule has 0 bridgehead atoms. The van der Waals surface area contributed by atoms with Crippen molar-refractivity contribution >= 4 is 50.0 Å². The van der Waals surface area contributed by atoms with Gasteiger partial charge in [-0.3, -0.25) is 0 Å². The van der Waals surface area contributed by atoms with Crippen molar-refractivity contribution in [2.75, 3.05) is 25.6 Å². The quantitative estimate of drug-likeness (QED) is 0.329. The molecule has 0 aliphatic rings. The Morgan fingerprint density at radius 3 is 1.78 bits per heavy atom. The minimum Gasteiger partial charge on any atom is -0.374 e. The highest BCUT2D eigenvalue weighted by atomic mass is 33.7. The Bertz CT molecular complexity index is 200.